The molecule has 5 nitrogen and oxygen atoms in total. The molecule has 6 heteroatoms. The third kappa shape index (κ3) is 4.99. The van der Waals surface area contributed by atoms with Crippen LogP contribution in [0.5, 0.6) is 0 Å². The second-order valence-electron chi connectivity index (χ2n) is 3.81. The van der Waals surface area contributed by atoms with Crippen LogP contribution >= 0.6 is 22.6 Å². The van der Waals surface area contributed by atoms with Gasteiger partial charge in [0.1, 0.15) is 0 Å². The van der Waals surface area contributed by atoms with Crippen LogP contribution in [0.15, 0.2) is 24.3 Å². The average molecular weight is 362 g/mol. The molecule has 1 N–H and O–H groups in total. The van der Waals surface area contributed by atoms with Crippen LogP contribution in [-0.4, -0.2) is 21.8 Å². The lowest BCUT2D eigenvalue weighted by Crippen LogP contribution is -2.24. The van der Waals surface area contributed by atoms with Gasteiger partial charge in [0.25, 0.3) is 11.6 Å². The molecule has 0 fully saturated rings. The van der Waals surface area contributed by atoms with Crippen LogP contribution in [0.3, 0.4) is 0 Å². The molecule has 0 unspecified atom stereocenters. The van der Waals surface area contributed by atoms with Crippen LogP contribution in [-0.2, 0) is 0 Å². The monoisotopic (exact) mass is 362 g/mol. The molecular weight excluding hydrogens is 347 g/mol. The molecule has 0 aliphatic carbocycles. The quantitative estimate of drug-likeness (QED) is 0.267. The molecule has 1 aromatic carbocycles. The zero-order valence-corrected chi connectivity index (χ0v) is 12.1. The summed E-state index contributed by atoms with van der Waals surface area (Å²) in [5.41, 5.74) is 0.269. The molecule has 0 radical (unpaired) electrons. The van der Waals surface area contributed by atoms with E-state index in [4.69, 9.17) is 0 Å². The molecule has 0 heterocycles. The normalized spacial score (nSPS) is 10.1. The zero-order chi connectivity index (χ0) is 13.4. The van der Waals surface area contributed by atoms with Gasteiger partial charge in [-0.2, -0.15) is 0 Å². The highest BCUT2D eigenvalue weighted by molar-refractivity contribution is 14.1. The molecule has 0 aromatic heterocycles. The van der Waals surface area contributed by atoms with E-state index < -0.39 is 4.92 Å². The summed E-state index contributed by atoms with van der Waals surface area (Å²) in [5.74, 6) is -0.256. The number of nitro benzene ring substituents is 1. The minimum absolute atomic E-state index is 0.0624. The van der Waals surface area contributed by atoms with E-state index in [2.05, 4.69) is 27.9 Å². The molecule has 0 saturated heterocycles. The Morgan fingerprint density at radius 2 is 2.11 bits per heavy atom. The topological polar surface area (TPSA) is 72.2 Å². The summed E-state index contributed by atoms with van der Waals surface area (Å²) in [4.78, 5) is 21.8. The number of non-ortho nitro benzene ring substituents is 1. The lowest BCUT2D eigenvalue weighted by molar-refractivity contribution is -0.384. The lowest BCUT2D eigenvalue weighted by atomic mass is 10.2. The first kappa shape index (κ1) is 14.9. The van der Waals surface area contributed by atoms with Crippen LogP contribution < -0.4 is 5.32 Å². The van der Waals surface area contributed by atoms with Gasteiger partial charge in [0, 0.05) is 24.2 Å². The molecule has 18 heavy (non-hydrogen) atoms. The SMILES string of the molecule is O=C(NCCCCCI)c1cccc([N+](=O)[O-])c1. The second kappa shape index (κ2) is 8.02. The fourth-order valence-electron chi connectivity index (χ4n) is 1.46. The standard InChI is InChI=1S/C12H15IN2O3/c13-7-2-1-3-8-14-12(16)10-5-4-6-11(9-10)15(17)18/h4-6,9H,1-3,7-8H2,(H,14,16). The highest BCUT2D eigenvalue weighted by Crippen LogP contribution is 2.12. The van der Waals surface area contributed by atoms with Crippen LogP contribution in [0.1, 0.15) is 29.6 Å². The van der Waals surface area contributed by atoms with E-state index in [-0.39, 0.29) is 11.6 Å². The Hall–Kier alpha value is -1.18. The molecule has 1 amide bonds. The van der Waals surface area contributed by atoms with E-state index >= 15 is 0 Å². The molecule has 0 atom stereocenters. The molecular formula is C12H15IN2O3. The number of benzene rings is 1. The number of rotatable bonds is 7. The van der Waals surface area contributed by atoms with Crippen molar-refractivity contribution in [3.05, 3.63) is 39.9 Å². The van der Waals surface area contributed by atoms with Gasteiger partial charge in [-0.05, 0) is 23.3 Å². The molecule has 98 valence electrons. The summed E-state index contributed by atoms with van der Waals surface area (Å²) in [6.07, 6.45) is 3.16. The van der Waals surface area contributed by atoms with Crippen molar-refractivity contribution < 1.29 is 9.72 Å². The van der Waals surface area contributed by atoms with Gasteiger partial charge in [-0.3, -0.25) is 14.9 Å². The first-order valence-corrected chi connectivity index (χ1v) is 7.26. The second-order valence-corrected chi connectivity index (χ2v) is 4.89. The summed E-state index contributed by atoms with van der Waals surface area (Å²) in [5, 5.41) is 13.3. The summed E-state index contributed by atoms with van der Waals surface area (Å²) >= 11 is 2.32. The number of carbonyl (C=O) groups excluding carboxylic acids is 1. The minimum Gasteiger partial charge on any atom is -0.352 e. The number of alkyl halides is 1. The van der Waals surface area contributed by atoms with Gasteiger partial charge in [-0.1, -0.05) is 35.1 Å². The molecule has 0 aliphatic heterocycles. The zero-order valence-electron chi connectivity index (χ0n) is 9.89. The number of nitrogens with zero attached hydrogens (tertiary/aromatic N) is 1. The van der Waals surface area contributed by atoms with Crippen molar-refractivity contribution in [2.45, 2.75) is 19.3 Å². The van der Waals surface area contributed by atoms with Gasteiger partial charge >= 0.3 is 0 Å². The molecule has 1 aromatic rings. The summed E-state index contributed by atoms with van der Waals surface area (Å²) in [7, 11) is 0. The first-order chi connectivity index (χ1) is 8.65. The van der Waals surface area contributed by atoms with Gasteiger partial charge < -0.3 is 5.32 Å². The number of unbranched alkanes of at least 4 members (excludes halogenated alkanes) is 2. The van der Waals surface area contributed by atoms with E-state index in [9.17, 15) is 14.9 Å². The number of halogens is 1. The largest absolute Gasteiger partial charge is 0.352 e. The number of hydrogen-bond acceptors (Lipinski definition) is 3. The molecule has 0 aliphatic rings. The number of amides is 1. The van der Waals surface area contributed by atoms with Crippen molar-refractivity contribution >= 4 is 34.2 Å². The Balaban J connectivity index is 2.46. The highest BCUT2D eigenvalue weighted by Gasteiger charge is 2.10. The lowest BCUT2D eigenvalue weighted by Gasteiger charge is -2.04. The van der Waals surface area contributed by atoms with Crippen molar-refractivity contribution in [3.63, 3.8) is 0 Å². The van der Waals surface area contributed by atoms with Gasteiger partial charge in [0.15, 0.2) is 0 Å². The summed E-state index contributed by atoms with van der Waals surface area (Å²) in [6.45, 7) is 0.609. The van der Waals surface area contributed by atoms with E-state index in [1.54, 1.807) is 6.07 Å². The first-order valence-electron chi connectivity index (χ1n) is 5.74. The van der Waals surface area contributed by atoms with Gasteiger partial charge in [0.2, 0.25) is 0 Å². The maximum absolute atomic E-state index is 11.7. The number of nitrogens with one attached hydrogen (secondary N) is 1. The average Bonchev–Trinajstić information content (AvgIpc) is 2.38. The molecule has 0 spiro atoms. The van der Waals surface area contributed by atoms with Crippen LogP contribution in [0, 0.1) is 10.1 Å². The van der Waals surface area contributed by atoms with Crippen LogP contribution in [0.4, 0.5) is 5.69 Å². The molecule has 1 rings (SSSR count). The highest BCUT2D eigenvalue weighted by atomic mass is 127. The van der Waals surface area contributed by atoms with Crippen molar-refractivity contribution in [1.82, 2.24) is 5.32 Å². The Morgan fingerprint density at radius 3 is 2.78 bits per heavy atom. The Kier molecular flexibility index (Phi) is 6.63. The smallest absolute Gasteiger partial charge is 0.270 e. The van der Waals surface area contributed by atoms with Crippen LogP contribution in [0.2, 0.25) is 0 Å². The van der Waals surface area contributed by atoms with Gasteiger partial charge in [-0.15, -0.1) is 0 Å². The number of carbonyl (C=O) groups is 1. The Labute approximate surface area is 119 Å². The fraction of sp³-hybridized carbons (Fsp3) is 0.417. The predicted molar refractivity (Wildman–Crippen MR) is 78.2 cm³/mol. The van der Waals surface area contributed by atoms with Crippen molar-refractivity contribution in [2.75, 3.05) is 11.0 Å². The fourth-order valence-corrected chi connectivity index (χ4v) is 2.00. The Morgan fingerprint density at radius 1 is 1.33 bits per heavy atom. The van der Waals surface area contributed by atoms with E-state index in [0.29, 0.717) is 12.1 Å². The Bertz CT molecular complexity index is 424. The third-order valence-electron chi connectivity index (χ3n) is 2.42. The van der Waals surface area contributed by atoms with Gasteiger partial charge in [-0.25, -0.2) is 0 Å². The van der Waals surface area contributed by atoms with E-state index in [0.717, 1.165) is 23.7 Å². The molecule has 0 bridgehead atoms. The van der Waals surface area contributed by atoms with Crippen molar-refractivity contribution in [3.8, 4) is 0 Å². The minimum atomic E-state index is -0.503. The third-order valence-corrected chi connectivity index (χ3v) is 3.18. The molecule has 0 saturated carbocycles. The van der Waals surface area contributed by atoms with Crippen molar-refractivity contribution in [2.24, 2.45) is 0 Å². The predicted octanol–water partition coefficient (Wildman–Crippen LogP) is 2.93. The maximum atomic E-state index is 11.7. The van der Waals surface area contributed by atoms with Crippen LogP contribution in [0.25, 0.3) is 0 Å². The summed E-state index contributed by atoms with van der Waals surface area (Å²) < 4.78 is 1.12. The number of hydrogen-bond donors (Lipinski definition) is 1. The maximum Gasteiger partial charge on any atom is 0.270 e. The van der Waals surface area contributed by atoms with E-state index in [1.807, 2.05) is 0 Å². The van der Waals surface area contributed by atoms with E-state index in [1.165, 1.54) is 18.2 Å². The number of nitro groups is 1. The van der Waals surface area contributed by atoms with Gasteiger partial charge in [0.05, 0.1) is 4.92 Å². The van der Waals surface area contributed by atoms with Crippen molar-refractivity contribution in [1.29, 1.82) is 0 Å². The summed E-state index contributed by atoms with van der Waals surface area (Å²) in [6, 6.07) is 5.76.